The van der Waals surface area contributed by atoms with Gasteiger partial charge < -0.3 is 14.6 Å². The van der Waals surface area contributed by atoms with Crippen molar-refractivity contribution in [1.29, 1.82) is 0 Å². The standard InChI is InChI=1S/2C12H22B.Mg/c2*1-3-7-11(8-4-1)13-12-9-5-2-6-10-12;/h2*11-12H,1-10H2;/q2*-1;+2. The Labute approximate surface area is 188 Å². The van der Waals surface area contributed by atoms with Crippen molar-refractivity contribution >= 4 is 37.6 Å². The van der Waals surface area contributed by atoms with Crippen LogP contribution in [-0.4, -0.2) is 37.6 Å². The molecule has 4 radical (unpaired) electrons. The van der Waals surface area contributed by atoms with Crippen molar-refractivity contribution in [3.63, 3.8) is 0 Å². The van der Waals surface area contributed by atoms with E-state index in [2.05, 4.69) is 14.6 Å². The molecule has 4 rings (SSSR count). The number of hydrogen-bond donors (Lipinski definition) is 0. The van der Waals surface area contributed by atoms with Crippen molar-refractivity contribution < 1.29 is 0 Å². The van der Waals surface area contributed by atoms with Gasteiger partial charge in [0, 0.05) is 0 Å². The first-order valence-corrected chi connectivity index (χ1v) is 12.6. The third-order valence-corrected chi connectivity index (χ3v) is 7.69. The van der Waals surface area contributed by atoms with E-state index in [9.17, 15) is 0 Å². The molecular weight excluding hydrogens is 334 g/mol. The van der Waals surface area contributed by atoms with Gasteiger partial charge in [-0.2, -0.15) is 0 Å². The predicted octanol–water partition coefficient (Wildman–Crippen LogP) is 8.01. The van der Waals surface area contributed by atoms with Gasteiger partial charge >= 0.3 is 23.1 Å². The smallest absolute Gasteiger partial charge is 0.328 e. The Kier molecular flexibility index (Phi) is 13.3. The molecule has 3 heteroatoms. The van der Waals surface area contributed by atoms with Gasteiger partial charge in [-0.05, 0) is 0 Å². The summed E-state index contributed by atoms with van der Waals surface area (Å²) in [4.78, 5) is 0. The molecular formula is C24H44B2Mg. The van der Waals surface area contributed by atoms with Gasteiger partial charge in [-0.1, -0.05) is 128 Å². The maximum atomic E-state index is 2.72. The maximum Gasteiger partial charge on any atom is 2.00 e. The molecule has 0 nitrogen and oxygen atoms in total. The van der Waals surface area contributed by atoms with E-state index in [1.165, 1.54) is 128 Å². The molecule has 0 saturated heterocycles. The second kappa shape index (κ2) is 14.8. The van der Waals surface area contributed by atoms with Crippen LogP contribution in [0.2, 0.25) is 23.3 Å². The molecule has 0 aromatic rings. The minimum Gasteiger partial charge on any atom is -0.328 e. The maximum absolute atomic E-state index is 2.72. The van der Waals surface area contributed by atoms with E-state index in [1.54, 1.807) is 0 Å². The Balaban J connectivity index is 0.000000187. The van der Waals surface area contributed by atoms with Gasteiger partial charge in [0.25, 0.3) is 0 Å². The van der Waals surface area contributed by atoms with Gasteiger partial charge in [0.1, 0.15) is 0 Å². The Morgan fingerprint density at radius 3 is 0.667 bits per heavy atom. The number of hydrogen-bond acceptors (Lipinski definition) is 0. The molecule has 0 atom stereocenters. The van der Waals surface area contributed by atoms with Crippen LogP contribution in [0.3, 0.4) is 0 Å². The first-order valence-electron chi connectivity index (χ1n) is 12.6. The Bertz CT molecular complexity index is 272. The zero-order valence-electron chi connectivity index (χ0n) is 18.3. The Morgan fingerprint density at radius 1 is 0.296 bits per heavy atom. The van der Waals surface area contributed by atoms with Crippen LogP contribution in [0.5, 0.6) is 0 Å². The first kappa shape index (κ1) is 24.2. The van der Waals surface area contributed by atoms with Crippen molar-refractivity contribution in [2.45, 2.75) is 152 Å². The summed E-state index contributed by atoms with van der Waals surface area (Å²) in [5.41, 5.74) is 0. The van der Waals surface area contributed by atoms with Crippen molar-refractivity contribution in [3.8, 4) is 0 Å². The molecule has 4 aliphatic rings. The second-order valence-electron chi connectivity index (χ2n) is 9.98. The van der Waals surface area contributed by atoms with Gasteiger partial charge in [-0.15, -0.1) is 0 Å². The van der Waals surface area contributed by atoms with Crippen LogP contribution < -0.4 is 0 Å². The molecule has 27 heavy (non-hydrogen) atoms. The largest absolute Gasteiger partial charge is 2.00 e. The summed E-state index contributed by atoms with van der Waals surface area (Å²) < 4.78 is 0. The van der Waals surface area contributed by atoms with Crippen LogP contribution >= 0.6 is 0 Å². The minimum atomic E-state index is 0. The normalized spacial score (nSPS) is 26.7. The van der Waals surface area contributed by atoms with Crippen molar-refractivity contribution in [1.82, 2.24) is 0 Å². The molecule has 0 heterocycles. The Morgan fingerprint density at radius 2 is 0.481 bits per heavy atom. The Hall–Kier alpha value is 0.896. The molecule has 0 aliphatic heterocycles. The summed E-state index contributed by atoms with van der Waals surface area (Å²) in [6.07, 6.45) is 29.9. The van der Waals surface area contributed by atoms with Gasteiger partial charge in [0.05, 0.1) is 0 Å². The summed E-state index contributed by atoms with van der Waals surface area (Å²) >= 11 is 0. The van der Waals surface area contributed by atoms with Crippen molar-refractivity contribution in [3.05, 3.63) is 0 Å². The molecule has 4 aliphatic carbocycles. The molecule has 0 bridgehead atoms. The van der Waals surface area contributed by atoms with Crippen LogP contribution in [0.15, 0.2) is 0 Å². The summed E-state index contributed by atoms with van der Waals surface area (Å²) in [5.74, 6) is 3.99. The fourth-order valence-corrected chi connectivity index (χ4v) is 6.08. The van der Waals surface area contributed by atoms with E-state index in [0.717, 1.165) is 23.3 Å². The molecule has 0 aromatic carbocycles. The van der Waals surface area contributed by atoms with E-state index in [-0.39, 0.29) is 23.1 Å². The third kappa shape index (κ3) is 9.97. The van der Waals surface area contributed by atoms with E-state index < -0.39 is 0 Å². The molecule has 0 aromatic heterocycles. The molecule has 0 unspecified atom stereocenters. The van der Waals surface area contributed by atoms with E-state index in [1.807, 2.05) is 0 Å². The molecule has 0 amide bonds. The molecule has 4 fully saturated rings. The molecule has 0 N–H and O–H groups in total. The summed E-state index contributed by atoms with van der Waals surface area (Å²) in [7, 11) is 5.44. The zero-order valence-corrected chi connectivity index (χ0v) is 19.7. The first-order chi connectivity index (χ1) is 12.9. The third-order valence-electron chi connectivity index (χ3n) is 7.69. The molecule has 148 valence electrons. The topological polar surface area (TPSA) is 0 Å². The van der Waals surface area contributed by atoms with Crippen LogP contribution in [0.4, 0.5) is 0 Å². The zero-order chi connectivity index (χ0) is 17.9. The fourth-order valence-electron chi connectivity index (χ4n) is 6.08. The quantitative estimate of drug-likeness (QED) is 0.435. The fraction of sp³-hybridized carbons (Fsp3) is 1.00. The van der Waals surface area contributed by atoms with Crippen LogP contribution in [0, 0.1) is 0 Å². The van der Waals surface area contributed by atoms with E-state index >= 15 is 0 Å². The van der Waals surface area contributed by atoms with Crippen molar-refractivity contribution in [2.24, 2.45) is 0 Å². The second-order valence-corrected chi connectivity index (χ2v) is 9.98. The predicted molar refractivity (Wildman–Crippen MR) is 125 cm³/mol. The summed E-state index contributed by atoms with van der Waals surface area (Å²) in [6.45, 7) is 0. The van der Waals surface area contributed by atoms with E-state index in [0.29, 0.717) is 0 Å². The van der Waals surface area contributed by atoms with Crippen LogP contribution in [-0.2, 0) is 0 Å². The molecule has 0 spiro atoms. The SMILES string of the molecule is [B-](C1CCCCC1)C1CCCCC1.[B-](C1CCCCC1)C1CCCCC1.[Mg+2]. The monoisotopic (exact) mass is 378 g/mol. The van der Waals surface area contributed by atoms with Gasteiger partial charge in [0.2, 0.25) is 0 Å². The van der Waals surface area contributed by atoms with Gasteiger partial charge in [-0.25, -0.2) is 23.3 Å². The molecule has 4 saturated carbocycles. The minimum absolute atomic E-state index is 0. The summed E-state index contributed by atoms with van der Waals surface area (Å²) in [5, 5.41) is 0. The van der Waals surface area contributed by atoms with E-state index in [4.69, 9.17) is 0 Å². The van der Waals surface area contributed by atoms with Gasteiger partial charge in [-0.3, -0.25) is 0 Å². The average Bonchev–Trinajstić information content (AvgIpc) is 2.72. The summed E-state index contributed by atoms with van der Waals surface area (Å²) in [6, 6.07) is 0. The average molecular weight is 379 g/mol. The van der Waals surface area contributed by atoms with Crippen LogP contribution in [0.25, 0.3) is 0 Å². The number of rotatable bonds is 4. The van der Waals surface area contributed by atoms with Gasteiger partial charge in [0.15, 0.2) is 0 Å². The van der Waals surface area contributed by atoms with Crippen molar-refractivity contribution in [2.75, 3.05) is 0 Å². The van der Waals surface area contributed by atoms with Crippen LogP contribution in [0.1, 0.15) is 128 Å².